The average molecular weight is 215 g/mol. The third kappa shape index (κ3) is 4.15. The fourth-order valence-electron chi connectivity index (χ4n) is 1.83. The number of aliphatic hydroxyl groups is 1. The summed E-state index contributed by atoms with van der Waals surface area (Å²) in [5.74, 6) is -0.207. The zero-order valence-electron chi connectivity index (χ0n) is 9.33. The molecule has 0 aromatic rings. The van der Waals surface area contributed by atoms with Crippen molar-refractivity contribution in [2.75, 3.05) is 33.2 Å². The lowest BCUT2D eigenvalue weighted by molar-refractivity contribution is -0.121. The number of nitrogens with two attached hydrogens (primary N) is 1. The Morgan fingerprint density at radius 3 is 2.93 bits per heavy atom. The average Bonchev–Trinajstić information content (AvgIpc) is 2.39. The van der Waals surface area contributed by atoms with Crippen molar-refractivity contribution in [1.29, 1.82) is 0 Å². The van der Waals surface area contributed by atoms with Gasteiger partial charge in [-0.05, 0) is 32.9 Å². The number of carbonyl (C=O) groups excluding carboxylic acids is 1. The summed E-state index contributed by atoms with van der Waals surface area (Å²) in [6.45, 7) is 2.18. The van der Waals surface area contributed by atoms with Crippen LogP contribution in [0.5, 0.6) is 0 Å². The minimum Gasteiger partial charge on any atom is -0.388 e. The zero-order chi connectivity index (χ0) is 11.3. The summed E-state index contributed by atoms with van der Waals surface area (Å²) in [7, 11) is 2.05. The molecule has 1 unspecified atom stereocenters. The number of hydrogen-bond acceptors (Lipinski definition) is 4. The van der Waals surface area contributed by atoms with Gasteiger partial charge in [0.15, 0.2) is 0 Å². The molecule has 0 bridgehead atoms. The standard InChI is InChI=1S/C10H21N3O2/c1-13-5-2-3-10(15,4-6-13)8-12-9(14)7-11/h15H,2-8,11H2,1H3,(H,12,14). The van der Waals surface area contributed by atoms with Gasteiger partial charge in [0.05, 0.1) is 12.1 Å². The molecule has 15 heavy (non-hydrogen) atoms. The Hall–Kier alpha value is -0.650. The Morgan fingerprint density at radius 1 is 1.53 bits per heavy atom. The van der Waals surface area contributed by atoms with Crippen molar-refractivity contribution in [3.05, 3.63) is 0 Å². The Kier molecular flexibility index (Phi) is 4.50. The van der Waals surface area contributed by atoms with E-state index in [0.717, 1.165) is 25.9 Å². The van der Waals surface area contributed by atoms with Crippen molar-refractivity contribution >= 4 is 5.91 Å². The molecule has 0 aliphatic carbocycles. The molecular weight excluding hydrogens is 194 g/mol. The summed E-state index contributed by atoms with van der Waals surface area (Å²) in [6, 6.07) is 0. The van der Waals surface area contributed by atoms with Crippen LogP contribution in [0.25, 0.3) is 0 Å². The minimum absolute atomic E-state index is 0.0179. The third-order valence-corrected chi connectivity index (χ3v) is 2.94. The van der Waals surface area contributed by atoms with Gasteiger partial charge in [-0.15, -0.1) is 0 Å². The maximum Gasteiger partial charge on any atom is 0.233 e. The molecule has 0 saturated carbocycles. The summed E-state index contributed by atoms with van der Waals surface area (Å²) in [5, 5.41) is 12.9. The second-order valence-corrected chi connectivity index (χ2v) is 4.36. The van der Waals surface area contributed by atoms with Crippen LogP contribution in [0.4, 0.5) is 0 Å². The van der Waals surface area contributed by atoms with E-state index in [4.69, 9.17) is 5.73 Å². The van der Waals surface area contributed by atoms with Gasteiger partial charge in [0.25, 0.3) is 0 Å². The van der Waals surface area contributed by atoms with Gasteiger partial charge in [-0.2, -0.15) is 0 Å². The fraction of sp³-hybridized carbons (Fsp3) is 0.900. The number of amides is 1. The first-order valence-electron chi connectivity index (χ1n) is 5.43. The molecule has 0 spiro atoms. The maximum atomic E-state index is 11.0. The van der Waals surface area contributed by atoms with E-state index in [0.29, 0.717) is 13.0 Å². The van der Waals surface area contributed by atoms with E-state index in [2.05, 4.69) is 10.2 Å². The highest BCUT2D eigenvalue weighted by molar-refractivity contribution is 5.77. The Bertz CT molecular complexity index is 223. The SMILES string of the molecule is CN1CCCC(O)(CNC(=O)CN)CC1. The summed E-state index contributed by atoms with van der Waals surface area (Å²) in [5.41, 5.74) is 4.43. The lowest BCUT2D eigenvalue weighted by Crippen LogP contribution is -2.45. The second kappa shape index (κ2) is 5.44. The van der Waals surface area contributed by atoms with Crippen LogP contribution in [-0.4, -0.2) is 54.7 Å². The summed E-state index contributed by atoms with van der Waals surface area (Å²) in [6.07, 6.45) is 2.40. The van der Waals surface area contributed by atoms with Gasteiger partial charge in [-0.1, -0.05) is 0 Å². The molecule has 0 aromatic carbocycles. The van der Waals surface area contributed by atoms with Crippen molar-refractivity contribution in [1.82, 2.24) is 10.2 Å². The maximum absolute atomic E-state index is 11.0. The predicted octanol–water partition coefficient (Wildman–Crippen LogP) is -1.09. The van der Waals surface area contributed by atoms with Crippen LogP contribution in [0.1, 0.15) is 19.3 Å². The van der Waals surface area contributed by atoms with Crippen molar-refractivity contribution in [2.24, 2.45) is 5.73 Å². The molecule has 1 amide bonds. The molecule has 1 atom stereocenters. The Labute approximate surface area is 90.6 Å². The van der Waals surface area contributed by atoms with Gasteiger partial charge < -0.3 is 21.1 Å². The lowest BCUT2D eigenvalue weighted by atomic mass is 9.95. The lowest BCUT2D eigenvalue weighted by Gasteiger charge is -2.26. The second-order valence-electron chi connectivity index (χ2n) is 4.36. The summed E-state index contributed by atoms with van der Waals surface area (Å²) >= 11 is 0. The Balaban J connectivity index is 2.39. The number of likely N-dealkylation sites (tertiary alicyclic amines) is 1. The van der Waals surface area contributed by atoms with Crippen LogP contribution in [0, 0.1) is 0 Å². The van der Waals surface area contributed by atoms with E-state index in [9.17, 15) is 9.90 Å². The van der Waals surface area contributed by atoms with Crippen LogP contribution in [0.15, 0.2) is 0 Å². The van der Waals surface area contributed by atoms with Crippen LogP contribution >= 0.6 is 0 Å². The van der Waals surface area contributed by atoms with Crippen LogP contribution in [0.3, 0.4) is 0 Å². The molecule has 5 heteroatoms. The van der Waals surface area contributed by atoms with E-state index >= 15 is 0 Å². The molecule has 0 radical (unpaired) electrons. The van der Waals surface area contributed by atoms with Gasteiger partial charge in [0.1, 0.15) is 0 Å². The highest BCUT2D eigenvalue weighted by Crippen LogP contribution is 2.20. The van der Waals surface area contributed by atoms with E-state index in [1.54, 1.807) is 0 Å². The molecule has 1 aliphatic rings. The zero-order valence-corrected chi connectivity index (χ0v) is 9.33. The summed E-state index contributed by atoms with van der Waals surface area (Å²) < 4.78 is 0. The molecule has 5 nitrogen and oxygen atoms in total. The van der Waals surface area contributed by atoms with Crippen LogP contribution in [0.2, 0.25) is 0 Å². The molecule has 1 heterocycles. The van der Waals surface area contributed by atoms with Crippen molar-refractivity contribution in [3.8, 4) is 0 Å². The van der Waals surface area contributed by atoms with E-state index in [-0.39, 0.29) is 12.5 Å². The monoisotopic (exact) mass is 215 g/mol. The van der Waals surface area contributed by atoms with Crippen molar-refractivity contribution in [3.63, 3.8) is 0 Å². The molecule has 1 aliphatic heterocycles. The topological polar surface area (TPSA) is 78.6 Å². The number of nitrogens with one attached hydrogen (secondary N) is 1. The van der Waals surface area contributed by atoms with Crippen molar-refractivity contribution < 1.29 is 9.90 Å². The largest absolute Gasteiger partial charge is 0.388 e. The fourth-order valence-corrected chi connectivity index (χ4v) is 1.83. The minimum atomic E-state index is -0.754. The number of rotatable bonds is 3. The molecule has 88 valence electrons. The van der Waals surface area contributed by atoms with Gasteiger partial charge in [-0.3, -0.25) is 4.79 Å². The first kappa shape index (κ1) is 12.4. The number of hydrogen-bond donors (Lipinski definition) is 3. The van der Waals surface area contributed by atoms with Crippen LogP contribution < -0.4 is 11.1 Å². The first-order valence-corrected chi connectivity index (χ1v) is 5.43. The van der Waals surface area contributed by atoms with Gasteiger partial charge in [0, 0.05) is 13.1 Å². The van der Waals surface area contributed by atoms with Gasteiger partial charge in [-0.25, -0.2) is 0 Å². The molecule has 4 N–H and O–H groups in total. The van der Waals surface area contributed by atoms with E-state index in [1.165, 1.54) is 0 Å². The van der Waals surface area contributed by atoms with Gasteiger partial charge >= 0.3 is 0 Å². The number of carbonyl (C=O) groups is 1. The third-order valence-electron chi connectivity index (χ3n) is 2.94. The molecule has 1 fully saturated rings. The van der Waals surface area contributed by atoms with E-state index in [1.807, 2.05) is 7.05 Å². The van der Waals surface area contributed by atoms with Crippen LogP contribution in [-0.2, 0) is 4.79 Å². The molecular formula is C10H21N3O2. The van der Waals surface area contributed by atoms with Crippen molar-refractivity contribution in [2.45, 2.75) is 24.9 Å². The highest BCUT2D eigenvalue weighted by Gasteiger charge is 2.29. The number of nitrogens with zero attached hydrogens (tertiary/aromatic N) is 1. The highest BCUT2D eigenvalue weighted by atomic mass is 16.3. The molecule has 1 saturated heterocycles. The quantitative estimate of drug-likeness (QED) is 0.559. The van der Waals surface area contributed by atoms with Gasteiger partial charge in [0.2, 0.25) is 5.91 Å². The predicted molar refractivity (Wildman–Crippen MR) is 58.4 cm³/mol. The smallest absolute Gasteiger partial charge is 0.233 e. The normalized spacial score (nSPS) is 28.5. The first-order chi connectivity index (χ1) is 7.06. The Morgan fingerprint density at radius 2 is 2.27 bits per heavy atom. The molecule has 1 rings (SSSR count). The molecule has 0 aromatic heterocycles. The van der Waals surface area contributed by atoms with E-state index < -0.39 is 5.60 Å². The summed E-state index contributed by atoms with van der Waals surface area (Å²) in [4.78, 5) is 13.2.